The summed E-state index contributed by atoms with van der Waals surface area (Å²) < 4.78 is 37.8. The van der Waals surface area contributed by atoms with Gasteiger partial charge < -0.3 is 14.4 Å². The molecule has 0 radical (unpaired) electrons. The number of amides is 1. The predicted octanol–water partition coefficient (Wildman–Crippen LogP) is 1.90. The average molecular weight is 399 g/mol. The molecule has 0 aromatic heterocycles. The molecule has 1 aromatic rings. The largest absolute Gasteiger partial charge is 0.383 e. The van der Waals surface area contributed by atoms with Crippen molar-refractivity contribution in [2.24, 2.45) is 0 Å². The summed E-state index contributed by atoms with van der Waals surface area (Å²) in [7, 11) is -0.440. The van der Waals surface area contributed by atoms with Crippen LogP contribution in [0.3, 0.4) is 0 Å². The number of hydrogen-bond donors (Lipinski definition) is 0. The van der Waals surface area contributed by atoms with Gasteiger partial charge in [-0.05, 0) is 37.5 Å². The number of carbonyl (C=O) groups excluding carboxylic acids is 1. The molecule has 0 atom stereocenters. The van der Waals surface area contributed by atoms with Crippen LogP contribution >= 0.6 is 0 Å². The zero-order valence-electron chi connectivity index (χ0n) is 16.4. The molecule has 1 aromatic carbocycles. The summed E-state index contributed by atoms with van der Waals surface area (Å²) in [6.45, 7) is 4.47. The maximum Gasteiger partial charge on any atom is 0.254 e. The summed E-state index contributed by atoms with van der Waals surface area (Å²) in [5.41, 5.74) is 1.01. The van der Waals surface area contributed by atoms with Crippen LogP contribution in [0.5, 0.6) is 0 Å². The van der Waals surface area contributed by atoms with E-state index in [0.717, 1.165) is 19.3 Å². The number of benzene rings is 1. The molecule has 0 N–H and O–H groups in total. The second-order valence-electron chi connectivity index (χ2n) is 6.72. The van der Waals surface area contributed by atoms with E-state index in [0.29, 0.717) is 50.5 Å². The van der Waals surface area contributed by atoms with E-state index in [1.807, 2.05) is 0 Å². The number of methoxy groups -OCH3 is 2. The van der Waals surface area contributed by atoms with Crippen LogP contribution in [0.1, 0.15) is 35.2 Å². The fraction of sp³-hybridized carbons (Fsp3) is 0.632. The van der Waals surface area contributed by atoms with Crippen molar-refractivity contribution in [3.8, 4) is 0 Å². The van der Waals surface area contributed by atoms with Gasteiger partial charge in [0.1, 0.15) is 0 Å². The minimum absolute atomic E-state index is 0.216. The van der Waals surface area contributed by atoms with Crippen molar-refractivity contribution in [3.63, 3.8) is 0 Å². The Kier molecular flexibility index (Phi) is 8.22. The fourth-order valence-electron chi connectivity index (χ4n) is 3.16. The Labute approximate surface area is 162 Å². The van der Waals surface area contributed by atoms with Crippen LogP contribution in [0.4, 0.5) is 0 Å². The van der Waals surface area contributed by atoms with E-state index in [1.165, 1.54) is 10.4 Å². The third-order valence-corrected chi connectivity index (χ3v) is 6.83. The van der Waals surface area contributed by atoms with Gasteiger partial charge in [0.2, 0.25) is 10.0 Å². The van der Waals surface area contributed by atoms with Crippen LogP contribution < -0.4 is 0 Å². The topological polar surface area (TPSA) is 76.1 Å². The van der Waals surface area contributed by atoms with Crippen LogP contribution in [0.2, 0.25) is 0 Å². The van der Waals surface area contributed by atoms with Gasteiger partial charge in [-0.3, -0.25) is 4.79 Å². The fourth-order valence-corrected chi connectivity index (χ4v) is 4.92. The molecule has 7 nitrogen and oxygen atoms in total. The smallest absolute Gasteiger partial charge is 0.254 e. The summed E-state index contributed by atoms with van der Waals surface area (Å²) in [4.78, 5) is 14.8. The highest BCUT2D eigenvalue weighted by atomic mass is 32.2. The van der Waals surface area contributed by atoms with Gasteiger partial charge in [0.15, 0.2) is 0 Å². The first kappa shape index (κ1) is 21.8. The van der Waals surface area contributed by atoms with E-state index in [-0.39, 0.29) is 10.8 Å². The number of carbonyl (C=O) groups is 1. The van der Waals surface area contributed by atoms with Gasteiger partial charge in [0.25, 0.3) is 5.91 Å². The maximum atomic E-state index is 13.1. The Hall–Kier alpha value is -1.48. The number of hydrogen-bond acceptors (Lipinski definition) is 5. The lowest BCUT2D eigenvalue weighted by molar-refractivity contribution is 0.0627. The van der Waals surface area contributed by atoms with E-state index >= 15 is 0 Å². The molecule has 1 amide bonds. The summed E-state index contributed by atoms with van der Waals surface area (Å²) in [6.07, 6.45) is 2.80. The summed E-state index contributed by atoms with van der Waals surface area (Å²) >= 11 is 0. The lowest BCUT2D eigenvalue weighted by Crippen LogP contribution is -2.37. The first-order chi connectivity index (χ1) is 12.9. The Morgan fingerprint density at radius 2 is 1.67 bits per heavy atom. The van der Waals surface area contributed by atoms with E-state index < -0.39 is 10.0 Å². The monoisotopic (exact) mass is 398 g/mol. The molecule has 1 saturated heterocycles. The molecular formula is C19H30N2O5S. The number of rotatable bonds is 9. The molecular weight excluding hydrogens is 368 g/mol. The summed E-state index contributed by atoms with van der Waals surface area (Å²) in [5, 5.41) is 0. The van der Waals surface area contributed by atoms with Crippen LogP contribution in [0.15, 0.2) is 23.1 Å². The Morgan fingerprint density at radius 3 is 2.22 bits per heavy atom. The van der Waals surface area contributed by atoms with Crippen molar-refractivity contribution in [1.29, 1.82) is 0 Å². The number of ether oxygens (including phenoxy) is 2. The van der Waals surface area contributed by atoms with Crippen LogP contribution in [-0.4, -0.2) is 77.1 Å². The third-order valence-electron chi connectivity index (χ3n) is 4.79. The number of sulfonamides is 1. The lowest BCUT2D eigenvalue weighted by Gasteiger charge is -2.27. The van der Waals surface area contributed by atoms with Gasteiger partial charge in [-0.1, -0.05) is 12.5 Å². The highest BCUT2D eigenvalue weighted by molar-refractivity contribution is 7.89. The molecule has 2 rings (SSSR count). The molecule has 1 aliphatic heterocycles. The Morgan fingerprint density at radius 1 is 1.07 bits per heavy atom. The van der Waals surface area contributed by atoms with E-state index in [1.54, 1.807) is 38.2 Å². The molecule has 1 aliphatic rings. The molecule has 0 spiro atoms. The summed E-state index contributed by atoms with van der Waals surface area (Å²) in [5.74, 6) is -0.223. The predicted molar refractivity (Wildman–Crippen MR) is 103 cm³/mol. The third kappa shape index (κ3) is 5.51. The Bertz CT molecular complexity index is 722. The lowest BCUT2D eigenvalue weighted by atomic mass is 10.1. The van der Waals surface area contributed by atoms with E-state index in [9.17, 15) is 13.2 Å². The minimum Gasteiger partial charge on any atom is -0.383 e. The molecule has 0 saturated carbocycles. The highest BCUT2D eigenvalue weighted by Gasteiger charge is 2.28. The molecule has 1 fully saturated rings. The van der Waals surface area contributed by atoms with Gasteiger partial charge in [0, 0.05) is 46.0 Å². The van der Waals surface area contributed by atoms with E-state index in [2.05, 4.69) is 0 Å². The first-order valence-electron chi connectivity index (χ1n) is 9.29. The van der Waals surface area contributed by atoms with Crippen LogP contribution in [-0.2, 0) is 19.5 Å². The molecule has 8 heteroatoms. The molecule has 0 unspecified atom stereocenters. The quantitative estimate of drug-likeness (QED) is 0.635. The van der Waals surface area contributed by atoms with Gasteiger partial charge in [-0.25, -0.2) is 8.42 Å². The van der Waals surface area contributed by atoms with Gasteiger partial charge >= 0.3 is 0 Å². The van der Waals surface area contributed by atoms with Gasteiger partial charge in [-0.2, -0.15) is 4.31 Å². The van der Waals surface area contributed by atoms with Crippen LogP contribution in [0.25, 0.3) is 0 Å². The average Bonchev–Trinajstić information content (AvgIpc) is 2.68. The minimum atomic E-state index is -3.60. The summed E-state index contributed by atoms with van der Waals surface area (Å²) in [6, 6.07) is 4.89. The van der Waals surface area contributed by atoms with Crippen molar-refractivity contribution in [2.45, 2.75) is 31.1 Å². The molecule has 152 valence electrons. The van der Waals surface area contributed by atoms with Crippen molar-refractivity contribution in [2.75, 3.05) is 53.6 Å². The number of aryl methyl sites for hydroxylation is 1. The van der Waals surface area contributed by atoms with Crippen molar-refractivity contribution < 1.29 is 22.7 Å². The first-order valence-corrected chi connectivity index (χ1v) is 10.7. The molecule has 0 bridgehead atoms. The van der Waals surface area contributed by atoms with Crippen molar-refractivity contribution in [3.05, 3.63) is 29.3 Å². The highest BCUT2D eigenvalue weighted by Crippen LogP contribution is 2.25. The number of piperidine rings is 1. The van der Waals surface area contributed by atoms with Crippen molar-refractivity contribution >= 4 is 15.9 Å². The second-order valence-corrected chi connectivity index (χ2v) is 8.63. The van der Waals surface area contributed by atoms with E-state index in [4.69, 9.17) is 9.47 Å². The molecule has 0 aliphatic carbocycles. The van der Waals surface area contributed by atoms with Crippen LogP contribution in [0, 0.1) is 6.92 Å². The van der Waals surface area contributed by atoms with Gasteiger partial charge in [-0.15, -0.1) is 0 Å². The van der Waals surface area contributed by atoms with Gasteiger partial charge in [0.05, 0.1) is 18.1 Å². The number of nitrogens with zero attached hydrogens (tertiary/aromatic N) is 2. The normalized spacial score (nSPS) is 15.7. The zero-order valence-corrected chi connectivity index (χ0v) is 17.3. The molecule has 1 heterocycles. The SMILES string of the molecule is COCCN(CCOC)C(=O)c1ccc(C)c(S(=O)(=O)N2CCCCC2)c1. The standard InChI is InChI=1S/C19H30N2O5S/c1-16-7-8-17(19(22)20(11-13-25-2)12-14-26-3)15-18(16)27(23,24)21-9-5-4-6-10-21/h7-8,15H,4-6,9-14H2,1-3H3. The maximum absolute atomic E-state index is 13.1. The molecule has 27 heavy (non-hydrogen) atoms. The Balaban J connectivity index is 2.30. The van der Waals surface area contributed by atoms with Crippen molar-refractivity contribution in [1.82, 2.24) is 9.21 Å². The second kappa shape index (κ2) is 10.2. The zero-order chi connectivity index (χ0) is 19.9.